The largest absolute Gasteiger partial charge is 0.491 e. The highest BCUT2D eigenvalue weighted by Gasteiger charge is 2.38. The lowest BCUT2D eigenvalue weighted by molar-refractivity contribution is -0.139. The maximum atomic E-state index is 13.4. The molecule has 2 N–H and O–H groups in total. The molecule has 5 heterocycles. The van der Waals surface area contributed by atoms with Crippen LogP contribution in [-0.4, -0.2) is 152 Å². The SMILES string of the molecule is CCCOCCOCc1ccc(-c2noc(-c3ccc(OCCF)c(C)c3)n2)cc1.CCc1cn(Cc2ccc(-c3noc(-c4ccc(OCCF)c(C(F)(F)F)c4)n3)cc2)nn1.OCCOCc1ccc(-c2noc(-c3ccc(OCCF)c(C(F)(F)F)c3)n2)cc1.OCc1ccc(-c2noc(-c3ccc(OCCF)c(C(F)(F)F)c3)n2)cc1. The number of aromatic nitrogens is 11. The molecule has 120 heavy (non-hydrogen) atoms. The smallest absolute Gasteiger partial charge is 0.419 e. The van der Waals surface area contributed by atoms with Crippen LogP contribution in [0.3, 0.4) is 0 Å². The highest BCUT2D eigenvalue weighted by atomic mass is 19.4. The lowest BCUT2D eigenvalue weighted by Crippen LogP contribution is -2.10. The van der Waals surface area contributed by atoms with Gasteiger partial charge in [-0.15, -0.1) is 5.10 Å². The van der Waals surface area contributed by atoms with E-state index in [0.29, 0.717) is 72.7 Å². The van der Waals surface area contributed by atoms with Crippen molar-refractivity contribution in [2.75, 3.05) is 86.2 Å². The number of hydrogen-bond donors (Lipinski definition) is 2. The highest BCUT2D eigenvalue weighted by Crippen LogP contribution is 2.43. The lowest BCUT2D eigenvalue weighted by atomic mass is 10.1. The van der Waals surface area contributed by atoms with Gasteiger partial charge >= 0.3 is 18.5 Å². The van der Waals surface area contributed by atoms with Crippen molar-refractivity contribution >= 4 is 0 Å². The minimum absolute atomic E-state index is 0.0402. The van der Waals surface area contributed by atoms with Gasteiger partial charge in [0.25, 0.3) is 23.6 Å². The van der Waals surface area contributed by atoms with E-state index in [1.807, 2.05) is 68.6 Å². The van der Waals surface area contributed by atoms with Crippen molar-refractivity contribution in [3.05, 3.63) is 226 Å². The molecule has 24 nitrogen and oxygen atoms in total. The summed E-state index contributed by atoms with van der Waals surface area (Å²) in [5.41, 5.74) is 5.91. The molecule has 8 aromatic carbocycles. The number of nitrogens with zero attached hydrogens (tertiary/aromatic N) is 11. The fourth-order valence-electron chi connectivity index (χ4n) is 11.0. The molecule has 0 amide bonds. The average molecular weight is 1680 g/mol. The van der Waals surface area contributed by atoms with Crippen molar-refractivity contribution < 1.29 is 119 Å². The summed E-state index contributed by atoms with van der Waals surface area (Å²) in [6.45, 7) is 4.77. The molecule has 0 saturated carbocycles. The first kappa shape index (κ1) is 89.9. The summed E-state index contributed by atoms with van der Waals surface area (Å²) >= 11 is 0. The Labute approximate surface area is 676 Å². The molecule has 634 valence electrons. The third kappa shape index (κ3) is 25.8. The number of ether oxygens (including phenoxy) is 7. The average Bonchev–Trinajstić information content (AvgIpc) is 1.52. The van der Waals surface area contributed by atoms with E-state index in [4.69, 9.17) is 61.5 Å². The molecule has 5 aromatic heterocycles. The van der Waals surface area contributed by atoms with E-state index < -0.39 is 99.0 Å². The van der Waals surface area contributed by atoms with E-state index in [2.05, 4.69) is 57.8 Å². The second-order valence-corrected chi connectivity index (χ2v) is 25.6. The van der Waals surface area contributed by atoms with Crippen molar-refractivity contribution in [3.63, 3.8) is 0 Å². The molecule has 0 spiro atoms. The van der Waals surface area contributed by atoms with Gasteiger partial charge in [-0.1, -0.05) is 137 Å². The number of aryl methyl sites for hydroxylation is 2. The summed E-state index contributed by atoms with van der Waals surface area (Å²) in [5.74, 6) is 0.546. The van der Waals surface area contributed by atoms with E-state index in [1.54, 1.807) is 71.4 Å². The number of aliphatic hydroxyl groups is 2. The fraction of sp³-hybridized carbons (Fsp3) is 0.301. The van der Waals surface area contributed by atoms with E-state index in [9.17, 15) is 57.1 Å². The predicted octanol–water partition coefficient (Wildman–Crippen LogP) is 18.5. The molecular formula is C83H78F13N11O13. The van der Waals surface area contributed by atoms with Gasteiger partial charge in [0, 0.05) is 57.3 Å². The van der Waals surface area contributed by atoms with Crippen LogP contribution in [0.4, 0.5) is 57.1 Å². The predicted molar refractivity (Wildman–Crippen MR) is 408 cm³/mol. The summed E-state index contributed by atoms with van der Waals surface area (Å²) in [5, 5.41) is 41.4. The molecule has 13 aromatic rings. The third-order valence-electron chi connectivity index (χ3n) is 16.9. The van der Waals surface area contributed by atoms with Crippen molar-refractivity contribution in [2.45, 2.75) is 78.5 Å². The number of benzene rings is 8. The van der Waals surface area contributed by atoms with Crippen LogP contribution in [0.1, 0.15) is 70.5 Å². The second-order valence-electron chi connectivity index (χ2n) is 25.6. The van der Waals surface area contributed by atoms with Crippen LogP contribution in [0.2, 0.25) is 0 Å². The van der Waals surface area contributed by atoms with Gasteiger partial charge in [0.05, 0.1) is 75.2 Å². The zero-order valence-corrected chi connectivity index (χ0v) is 64.4. The van der Waals surface area contributed by atoms with Crippen molar-refractivity contribution in [3.8, 4) is 114 Å². The first-order valence-electron chi connectivity index (χ1n) is 37.0. The van der Waals surface area contributed by atoms with Gasteiger partial charge < -0.3 is 61.5 Å². The minimum Gasteiger partial charge on any atom is -0.491 e. The topological polar surface area (TPSA) is 291 Å². The van der Waals surface area contributed by atoms with Crippen LogP contribution in [0.15, 0.2) is 194 Å². The van der Waals surface area contributed by atoms with E-state index in [0.717, 1.165) is 94.9 Å². The molecule has 0 aliphatic rings. The minimum atomic E-state index is -4.70. The number of aliphatic hydroxyl groups excluding tert-OH is 2. The van der Waals surface area contributed by atoms with Crippen LogP contribution in [0, 0.1) is 6.92 Å². The quantitative estimate of drug-likeness (QED) is 0.0275. The maximum absolute atomic E-state index is 13.4. The van der Waals surface area contributed by atoms with E-state index in [-0.39, 0.29) is 78.3 Å². The van der Waals surface area contributed by atoms with Crippen molar-refractivity contribution in [1.29, 1.82) is 0 Å². The number of halogens is 13. The Morgan fingerprint density at radius 2 is 0.692 bits per heavy atom. The van der Waals surface area contributed by atoms with Gasteiger partial charge in [-0.3, -0.25) is 0 Å². The molecule has 0 aliphatic heterocycles. The molecule has 0 unspecified atom stereocenters. The van der Waals surface area contributed by atoms with Crippen molar-refractivity contribution in [2.24, 2.45) is 0 Å². The first-order valence-corrected chi connectivity index (χ1v) is 37.0. The summed E-state index contributed by atoms with van der Waals surface area (Å²) in [4.78, 5) is 17.0. The van der Waals surface area contributed by atoms with Gasteiger partial charge in [-0.2, -0.15) is 59.4 Å². The van der Waals surface area contributed by atoms with Crippen LogP contribution in [-0.2, 0) is 65.5 Å². The zero-order valence-electron chi connectivity index (χ0n) is 64.4. The van der Waals surface area contributed by atoms with Crippen LogP contribution < -0.4 is 18.9 Å². The van der Waals surface area contributed by atoms with Crippen molar-refractivity contribution in [1.82, 2.24) is 55.6 Å². The molecule has 0 radical (unpaired) electrons. The molecule has 0 bridgehead atoms. The Kier molecular flexibility index (Phi) is 32.8. The molecule has 0 aliphatic carbocycles. The van der Waals surface area contributed by atoms with Gasteiger partial charge in [0.15, 0.2) is 0 Å². The first-order chi connectivity index (χ1) is 57.9. The van der Waals surface area contributed by atoms with Crippen LogP contribution in [0.5, 0.6) is 23.0 Å². The van der Waals surface area contributed by atoms with Gasteiger partial charge in [0.2, 0.25) is 23.3 Å². The number of hydrogen-bond acceptors (Lipinski definition) is 23. The van der Waals surface area contributed by atoms with E-state index in [1.165, 1.54) is 18.2 Å². The fourth-order valence-corrected chi connectivity index (χ4v) is 11.0. The molecule has 37 heteroatoms. The Hall–Kier alpha value is -12.5. The van der Waals surface area contributed by atoms with Gasteiger partial charge in [-0.05, 0) is 120 Å². The summed E-state index contributed by atoms with van der Waals surface area (Å²) < 4.78 is 228. The normalized spacial score (nSPS) is 11.5. The van der Waals surface area contributed by atoms with E-state index >= 15 is 0 Å². The monoisotopic (exact) mass is 1680 g/mol. The standard InChI is InChI=1S/C23H27FN2O4.C22H19F4N5O2.C20H18F4N2O4.C18H14F4N2O3/c1-3-11-27-13-14-28-16-18-4-6-19(7-5-18)22-25-23(30-26-22)20-8-9-21(17(2)15-20)29-12-10-24;1-2-17-13-31(30-28-17)12-14-3-5-15(6-4-14)20-27-21(33-29-20)16-7-8-19(32-10-9-23)18(11-16)22(24,25)26;21-7-9-29-17-6-5-15(11-16(17)20(22,23)24)19-25-18(26-30-19)14-3-1-13(2-4-14)12-28-10-8-27;19-7-8-26-15-6-5-13(9-14(15)18(20,21)22)17-23-16(24-27-17)12-3-1-11(10-25)2-4-12/h4-9,15H,3,10-14,16H2,1-2H3;3-8,11,13H,2,9-10,12H2,1H3;1-6,11,27H,7-10,12H2;1-6,9,25H,7-8,10H2. The highest BCUT2D eigenvalue weighted by molar-refractivity contribution is 5.66. The maximum Gasteiger partial charge on any atom is 0.419 e. The third-order valence-corrected chi connectivity index (χ3v) is 16.9. The van der Waals surface area contributed by atoms with Crippen LogP contribution in [0.25, 0.3) is 91.4 Å². The molecule has 0 saturated heterocycles. The van der Waals surface area contributed by atoms with Gasteiger partial charge in [0.1, 0.15) is 76.1 Å². The Bertz CT molecular complexity index is 5300. The van der Waals surface area contributed by atoms with Gasteiger partial charge in [-0.25, -0.2) is 22.2 Å². The zero-order chi connectivity index (χ0) is 85.6. The summed E-state index contributed by atoms with van der Waals surface area (Å²) in [7, 11) is 0. The summed E-state index contributed by atoms with van der Waals surface area (Å²) in [6.07, 6.45) is -10.4. The Morgan fingerprint density at radius 1 is 0.367 bits per heavy atom. The Balaban J connectivity index is 0.000000168. The molecule has 13 rings (SSSR count). The number of rotatable bonds is 35. The molecule has 0 fully saturated rings. The summed E-state index contributed by atoms with van der Waals surface area (Å²) in [6, 6.07) is 44.1. The second kappa shape index (κ2) is 43.8. The molecular weight excluding hydrogens is 1610 g/mol. The number of alkyl halides is 13. The Morgan fingerprint density at radius 3 is 1.02 bits per heavy atom. The van der Waals surface area contributed by atoms with Crippen LogP contribution >= 0.6 is 0 Å². The molecule has 0 atom stereocenters. The lowest BCUT2D eigenvalue weighted by Gasteiger charge is -2.13.